The van der Waals surface area contributed by atoms with Crippen LogP contribution in [-0.4, -0.2) is 48.6 Å². The minimum absolute atomic E-state index is 0.160. The molecular formula is C11H21N3O3. The Labute approximate surface area is 101 Å². The van der Waals surface area contributed by atoms with Gasteiger partial charge >= 0.3 is 0 Å². The monoisotopic (exact) mass is 243 g/mol. The first-order chi connectivity index (χ1) is 7.73. The van der Waals surface area contributed by atoms with E-state index in [0.29, 0.717) is 13.2 Å². The Morgan fingerprint density at radius 2 is 2.00 bits per heavy atom. The zero-order valence-electron chi connectivity index (χ0n) is 10.6. The zero-order chi connectivity index (χ0) is 13.2. The number of nitrogens with two attached hydrogens (primary N) is 2. The zero-order valence-corrected chi connectivity index (χ0v) is 10.6. The first-order valence-corrected chi connectivity index (χ1v) is 5.68. The number of ether oxygens (including phenoxy) is 1. The van der Waals surface area contributed by atoms with Crippen molar-refractivity contribution in [3.05, 3.63) is 0 Å². The molecule has 0 saturated carbocycles. The van der Waals surface area contributed by atoms with Crippen LogP contribution in [-0.2, 0) is 14.3 Å². The maximum Gasteiger partial charge on any atom is 0.248 e. The molecule has 1 unspecified atom stereocenters. The lowest BCUT2D eigenvalue weighted by Crippen LogP contribution is -2.57. The van der Waals surface area contributed by atoms with Gasteiger partial charge in [0, 0.05) is 6.54 Å². The van der Waals surface area contributed by atoms with Crippen molar-refractivity contribution in [1.29, 1.82) is 0 Å². The largest absolute Gasteiger partial charge is 0.367 e. The molecule has 0 aliphatic carbocycles. The van der Waals surface area contributed by atoms with Crippen molar-refractivity contribution in [3.8, 4) is 0 Å². The smallest absolute Gasteiger partial charge is 0.248 e. The summed E-state index contributed by atoms with van der Waals surface area (Å²) in [5, 5.41) is 0. The fraction of sp³-hybridized carbons (Fsp3) is 0.818. The second-order valence-electron chi connectivity index (χ2n) is 5.39. The normalized spacial score (nSPS) is 23.3. The van der Waals surface area contributed by atoms with Crippen LogP contribution in [0.2, 0.25) is 0 Å². The van der Waals surface area contributed by atoms with Crippen LogP contribution in [0.15, 0.2) is 0 Å². The van der Waals surface area contributed by atoms with Crippen LogP contribution in [0.1, 0.15) is 20.8 Å². The lowest BCUT2D eigenvalue weighted by molar-refractivity contribution is -0.147. The molecule has 1 fully saturated rings. The third kappa shape index (κ3) is 3.41. The molecule has 1 aliphatic rings. The summed E-state index contributed by atoms with van der Waals surface area (Å²) < 4.78 is 5.18. The van der Waals surface area contributed by atoms with Crippen LogP contribution in [0, 0.1) is 5.41 Å². The van der Waals surface area contributed by atoms with Gasteiger partial charge in [0.05, 0.1) is 19.2 Å². The highest BCUT2D eigenvalue weighted by atomic mass is 16.5. The highest BCUT2D eigenvalue weighted by Crippen LogP contribution is 2.20. The van der Waals surface area contributed by atoms with E-state index in [1.807, 2.05) is 20.8 Å². The third-order valence-corrected chi connectivity index (χ3v) is 2.89. The summed E-state index contributed by atoms with van der Waals surface area (Å²) in [5.41, 5.74) is 10.7. The summed E-state index contributed by atoms with van der Waals surface area (Å²) >= 11 is 0. The maximum atomic E-state index is 12.1. The highest BCUT2D eigenvalue weighted by Gasteiger charge is 2.34. The van der Waals surface area contributed by atoms with Crippen LogP contribution >= 0.6 is 0 Å². The lowest BCUT2D eigenvalue weighted by atomic mass is 9.86. The van der Waals surface area contributed by atoms with Crippen LogP contribution in [0.25, 0.3) is 0 Å². The molecule has 1 aliphatic heterocycles. The standard InChI is InChI=1S/C11H21N3O3/c1-11(2,3)8(12)10(16)14-4-5-17-7(6-14)9(13)15/h7-8H,4-6,12H2,1-3H3,(H2,13,15)/t7?,8-/m1/s1. The van der Waals surface area contributed by atoms with Gasteiger partial charge in [-0.05, 0) is 5.41 Å². The molecule has 1 rings (SSSR count). The molecule has 6 nitrogen and oxygen atoms in total. The first kappa shape index (κ1) is 13.9. The van der Waals surface area contributed by atoms with E-state index in [1.165, 1.54) is 0 Å². The molecule has 1 heterocycles. The number of carbonyl (C=O) groups excluding carboxylic acids is 2. The number of hydrogen-bond donors (Lipinski definition) is 2. The Hall–Kier alpha value is -1.14. The summed E-state index contributed by atoms with van der Waals surface area (Å²) in [4.78, 5) is 24.7. The summed E-state index contributed by atoms with van der Waals surface area (Å²) in [6.07, 6.45) is -0.722. The van der Waals surface area contributed by atoms with Gasteiger partial charge in [-0.25, -0.2) is 0 Å². The molecule has 6 heteroatoms. The van der Waals surface area contributed by atoms with E-state index in [-0.39, 0.29) is 17.9 Å². The summed E-state index contributed by atoms with van der Waals surface area (Å²) in [5.74, 6) is -0.709. The van der Waals surface area contributed by atoms with E-state index in [4.69, 9.17) is 16.2 Å². The number of hydrogen-bond acceptors (Lipinski definition) is 4. The van der Waals surface area contributed by atoms with Gasteiger partial charge in [0.2, 0.25) is 11.8 Å². The Bertz CT molecular complexity index is 312. The van der Waals surface area contributed by atoms with E-state index in [9.17, 15) is 9.59 Å². The van der Waals surface area contributed by atoms with E-state index in [1.54, 1.807) is 4.90 Å². The van der Waals surface area contributed by atoms with Gasteiger partial charge in [-0.3, -0.25) is 9.59 Å². The molecule has 2 amide bonds. The van der Waals surface area contributed by atoms with E-state index < -0.39 is 18.1 Å². The topological polar surface area (TPSA) is 98.7 Å². The molecule has 0 aromatic heterocycles. The predicted molar refractivity (Wildman–Crippen MR) is 62.9 cm³/mol. The van der Waals surface area contributed by atoms with Crippen molar-refractivity contribution >= 4 is 11.8 Å². The summed E-state index contributed by atoms with van der Waals surface area (Å²) in [6, 6.07) is -0.589. The number of primary amides is 1. The lowest BCUT2D eigenvalue weighted by Gasteiger charge is -2.36. The van der Waals surface area contributed by atoms with Crippen LogP contribution in [0.4, 0.5) is 0 Å². The molecule has 4 N–H and O–H groups in total. The molecule has 0 spiro atoms. The second-order valence-corrected chi connectivity index (χ2v) is 5.39. The van der Waals surface area contributed by atoms with Gasteiger partial charge in [-0.2, -0.15) is 0 Å². The second kappa shape index (κ2) is 5.01. The van der Waals surface area contributed by atoms with Crippen molar-refractivity contribution in [2.45, 2.75) is 32.9 Å². The van der Waals surface area contributed by atoms with Crippen LogP contribution in [0.3, 0.4) is 0 Å². The van der Waals surface area contributed by atoms with Gasteiger partial charge in [0.25, 0.3) is 0 Å². The number of rotatable bonds is 2. The number of carbonyl (C=O) groups is 2. The minimum atomic E-state index is -0.722. The molecular weight excluding hydrogens is 222 g/mol. The highest BCUT2D eigenvalue weighted by molar-refractivity contribution is 5.84. The molecule has 0 aromatic carbocycles. The first-order valence-electron chi connectivity index (χ1n) is 5.68. The number of morpholine rings is 1. The minimum Gasteiger partial charge on any atom is -0.367 e. The average Bonchev–Trinajstić information content (AvgIpc) is 2.26. The van der Waals surface area contributed by atoms with Crippen molar-refractivity contribution < 1.29 is 14.3 Å². The quantitative estimate of drug-likeness (QED) is 0.654. The van der Waals surface area contributed by atoms with Crippen molar-refractivity contribution in [1.82, 2.24) is 4.90 Å². The SMILES string of the molecule is CC(C)(C)[C@H](N)C(=O)N1CCOC(C(N)=O)C1. The van der Waals surface area contributed by atoms with Crippen molar-refractivity contribution in [3.63, 3.8) is 0 Å². The van der Waals surface area contributed by atoms with E-state index >= 15 is 0 Å². The summed E-state index contributed by atoms with van der Waals surface area (Å²) in [6.45, 7) is 6.67. The fourth-order valence-electron chi connectivity index (χ4n) is 1.59. The number of amides is 2. The molecule has 98 valence electrons. The van der Waals surface area contributed by atoms with E-state index in [0.717, 1.165) is 0 Å². The van der Waals surface area contributed by atoms with Gasteiger partial charge < -0.3 is 21.1 Å². The van der Waals surface area contributed by atoms with Crippen LogP contribution < -0.4 is 11.5 Å². The Morgan fingerprint density at radius 3 is 2.47 bits per heavy atom. The van der Waals surface area contributed by atoms with Gasteiger partial charge in [-0.15, -0.1) is 0 Å². The molecule has 0 aromatic rings. The predicted octanol–water partition coefficient (Wildman–Crippen LogP) is -0.927. The average molecular weight is 243 g/mol. The molecule has 0 radical (unpaired) electrons. The van der Waals surface area contributed by atoms with Gasteiger partial charge in [0.15, 0.2) is 6.10 Å². The van der Waals surface area contributed by atoms with E-state index in [2.05, 4.69) is 0 Å². The molecule has 17 heavy (non-hydrogen) atoms. The maximum absolute atomic E-state index is 12.1. The number of nitrogens with zero attached hydrogens (tertiary/aromatic N) is 1. The van der Waals surface area contributed by atoms with Crippen LogP contribution in [0.5, 0.6) is 0 Å². The third-order valence-electron chi connectivity index (χ3n) is 2.89. The van der Waals surface area contributed by atoms with Gasteiger partial charge in [-0.1, -0.05) is 20.8 Å². The Morgan fingerprint density at radius 1 is 1.41 bits per heavy atom. The fourth-order valence-corrected chi connectivity index (χ4v) is 1.59. The molecule has 0 bridgehead atoms. The van der Waals surface area contributed by atoms with Crippen molar-refractivity contribution in [2.75, 3.05) is 19.7 Å². The van der Waals surface area contributed by atoms with Gasteiger partial charge in [0.1, 0.15) is 0 Å². The Kier molecular flexibility index (Phi) is 4.11. The molecule has 2 atom stereocenters. The Balaban J connectivity index is 2.67. The summed E-state index contributed by atoms with van der Waals surface area (Å²) in [7, 11) is 0. The van der Waals surface area contributed by atoms with Crippen molar-refractivity contribution in [2.24, 2.45) is 16.9 Å². The molecule has 1 saturated heterocycles.